The topological polar surface area (TPSA) is 78.9 Å². The molecular weight excluding hydrogens is 745 g/mol. The maximum absolute atomic E-state index is 12.8. The minimum Gasteiger partial charge on any atom is -0.462 e. The fourth-order valence-electron chi connectivity index (χ4n) is 6.83. The fraction of sp³-hybridized carbons (Fsp3) is 0.759. The van der Waals surface area contributed by atoms with Gasteiger partial charge >= 0.3 is 17.9 Å². The van der Waals surface area contributed by atoms with Crippen molar-refractivity contribution in [2.75, 3.05) is 13.2 Å². The summed E-state index contributed by atoms with van der Waals surface area (Å²) >= 11 is 0. The number of carbonyl (C=O) groups is 3. The lowest BCUT2D eigenvalue weighted by atomic mass is 10.1. The molecule has 0 aliphatic carbocycles. The van der Waals surface area contributed by atoms with Crippen molar-refractivity contribution < 1.29 is 28.6 Å². The molecular formula is C54H94O6. The van der Waals surface area contributed by atoms with E-state index >= 15 is 0 Å². The molecule has 0 unspecified atom stereocenters. The van der Waals surface area contributed by atoms with Crippen LogP contribution in [0.3, 0.4) is 0 Å². The van der Waals surface area contributed by atoms with Gasteiger partial charge in [-0.15, -0.1) is 0 Å². The number of rotatable bonds is 45. The second-order valence-corrected chi connectivity index (χ2v) is 16.7. The van der Waals surface area contributed by atoms with E-state index in [0.717, 1.165) is 103 Å². The van der Waals surface area contributed by atoms with Crippen LogP contribution in [0.2, 0.25) is 0 Å². The molecule has 6 heteroatoms. The van der Waals surface area contributed by atoms with Gasteiger partial charge < -0.3 is 14.2 Å². The van der Waals surface area contributed by atoms with Crippen molar-refractivity contribution in [2.45, 2.75) is 252 Å². The monoisotopic (exact) mass is 839 g/mol. The highest BCUT2D eigenvalue weighted by Crippen LogP contribution is 2.13. The molecule has 6 nitrogen and oxygen atoms in total. The van der Waals surface area contributed by atoms with Crippen LogP contribution in [-0.4, -0.2) is 37.2 Å². The first-order valence-electron chi connectivity index (χ1n) is 25.3. The summed E-state index contributed by atoms with van der Waals surface area (Å²) in [5.74, 6) is -0.928. The van der Waals surface area contributed by atoms with E-state index in [4.69, 9.17) is 14.2 Å². The molecule has 1 atom stereocenters. The molecule has 0 aromatic rings. The Bertz CT molecular complexity index is 1100. The molecule has 0 rings (SSSR count). The van der Waals surface area contributed by atoms with E-state index in [0.29, 0.717) is 19.3 Å². The van der Waals surface area contributed by atoms with Crippen molar-refractivity contribution in [3.8, 4) is 0 Å². The second-order valence-electron chi connectivity index (χ2n) is 16.7. The lowest BCUT2D eigenvalue weighted by Crippen LogP contribution is -2.30. The van der Waals surface area contributed by atoms with Crippen molar-refractivity contribution in [1.29, 1.82) is 0 Å². The van der Waals surface area contributed by atoms with Gasteiger partial charge in [0.15, 0.2) is 6.10 Å². The molecule has 0 aromatic heterocycles. The van der Waals surface area contributed by atoms with E-state index in [1.807, 2.05) is 0 Å². The largest absolute Gasteiger partial charge is 0.462 e. The van der Waals surface area contributed by atoms with Crippen LogP contribution in [0.15, 0.2) is 60.8 Å². The Morgan fingerprint density at radius 2 is 0.617 bits per heavy atom. The average molecular weight is 839 g/mol. The molecule has 0 aliphatic heterocycles. The van der Waals surface area contributed by atoms with Gasteiger partial charge in [-0.25, -0.2) is 0 Å². The predicted octanol–water partition coefficient (Wildman–Crippen LogP) is 16.5. The third-order valence-electron chi connectivity index (χ3n) is 10.7. The summed E-state index contributed by atoms with van der Waals surface area (Å²) in [4.78, 5) is 37.9. The van der Waals surface area contributed by atoms with Crippen molar-refractivity contribution in [3.63, 3.8) is 0 Å². The first-order chi connectivity index (χ1) is 29.5. The van der Waals surface area contributed by atoms with Gasteiger partial charge in [0.1, 0.15) is 13.2 Å². The lowest BCUT2D eigenvalue weighted by Gasteiger charge is -2.18. The zero-order valence-electron chi connectivity index (χ0n) is 39.5. The van der Waals surface area contributed by atoms with E-state index in [1.54, 1.807) is 0 Å². The van der Waals surface area contributed by atoms with Crippen molar-refractivity contribution in [3.05, 3.63) is 60.8 Å². The first-order valence-corrected chi connectivity index (χ1v) is 25.3. The highest BCUT2D eigenvalue weighted by atomic mass is 16.6. The molecule has 60 heavy (non-hydrogen) atoms. The maximum Gasteiger partial charge on any atom is 0.306 e. The van der Waals surface area contributed by atoms with Gasteiger partial charge in [0.05, 0.1) is 0 Å². The molecule has 346 valence electrons. The first kappa shape index (κ1) is 57.1. The number of hydrogen-bond acceptors (Lipinski definition) is 6. The van der Waals surface area contributed by atoms with Crippen LogP contribution >= 0.6 is 0 Å². The van der Waals surface area contributed by atoms with E-state index in [2.05, 4.69) is 81.5 Å². The Labute approximate surface area is 370 Å². The van der Waals surface area contributed by atoms with Crippen molar-refractivity contribution >= 4 is 17.9 Å². The van der Waals surface area contributed by atoms with Gasteiger partial charge in [-0.05, 0) is 103 Å². The smallest absolute Gasteiger partial charge is 0.306 e. The van der Waals surface area contributed by atoms with Crippen LogP contribution in [-0.2, 0) is 28.6 Å². The molecule has 0 aliphatic rings. The van der Waals surface area contributed by atoms with Crippen LogP contribution in [0.5, 0.6) is 0 Å². The molecule has 0 saturated carbocycles. The number of hydrogen-bond donors (Lipinski definition) is 0. The van der Waals surface area contributed by atoms with Crippen molar-refractivity contribution in [1.82, 2.24) is 0 Å². The summed E-state index contributed by atoms with van der Waals surface area (Å²) < 4.78 is 16.7. The number of ether oxygens (including phenoxy) is 3. The SMILES string of the molecule is CCCC/C=C\CCCCCCCC(=O)OC[C@H](COC(=O)CCCCCC/C=C\C/C=C\C/C=C\CCCCC)OC(=O)CCCCCCC/C=C\CCCCCCC. The molecule has 0 heterocycles. The fourth-order valence-corrected chi connectivity index (χ4v) is 6.83. The Kier molecular flexibility index (Phi) is 46.4. The highest BCUT2D eigenvalue weighted by Gasteiger charge is 2.19. The number of esters is 3. The molecule has 0 saturated heterocycles. The molecule has 0 fully saturated rings. The summed E-state index contributed by atoms with van der Waals surface area (Å²) in [5, 5.41) is 0. The van der Waals surface area contributed by atoms with Crippen LogP contribution in [0.25, 0.3) is 0 Å². The lowest BCUT2D eigenvalue weighted by molar-refractivity contribution is -0.167. The van der Waals surface area contributed by atoms with Crippen LogP contribution in [0, 0.1) is 0 Å². The average Bonchev–Trinajstić information content (AvgIpc) is 3.24. The summed E-state index contributed by atoms with van der Waals surface area (Å²) in [7, 11) is 0. The van der Waals surface area contributed by atoms with Gasteiger partial charge in [0.2, 0.25) is 0 Å². The number of unbranched alkanes of at least 4 members (excludes halogenated alkanes) is 24. The molecule has 0 bridgehead atoms. The third-order valence-corrected chi connectivity index (χ3v) is 10.7. The van der Waals surface area contributed by atoms with Crippen LogP contribution in [0.4, 0.5) is 0 Å². The van der Waals surface area contributed by atoms with Crippen LogP contribution in [0.1, 0.15) is 245 Å². The Morgan fingerprint density at radius 3 is 1.03 bits per heavy atom. The quantitative estimate of drug-likeness (QED) is 0.0263. The molecule has 0 N–H and O–H groups in total. The summed E-state index contributed by atoms with van der Waals surface area (Å²) in [6, 6.07) is 0. The van der Waals surface area contributed by atoms with Crippen LogP contribution < -0.4 is 0 Å². The van der Waals surface area contributed by atoms with E-state index < -0.39 is 6.10 Å². The zero-order chi connectivity index (χ0) is 43.7. The van der Waals surface area contributed by atoms with E-state index in [9.17, 15) is 14.4 Å². The summed E-state index contributed by atoms with van der Waals surface area (Å²) in [5.41, 5.74) is 0. The molecule has 0 spiro atoms. The van der Waals surface area contributed by atoms with Gasteiger partial charge in [-0.2, -0.15) is 0 Å². The number of allylic oxidation sites excluding steroid dienone is 10. The standard InChI is InChI=1S/C54H94O6/c1-4-7-10-13-16-19-22-24-26-27-28-30-32-35-38-41-44-47-53(56)59-50-51(49-58-52(55)46-43-40-37-34-31-21-18-15-12-9-6-3)60-54(57)48-45-42-39-36-33-29-25-23-20-17-14-11-8-5-2/h15-16,18-19,23-26,28,30,51H,4-14,17,20-22,27,29,31-50H2,1-3H3/b18-15-,19-16-,25-23-,26-24-,30-28-/t51-/m1/s1. The zero-order valence-corrected chi connectivity index (χ0v) is 39.5. The molecule has 0 aromatic carbocycles. The van der Waals surface area contributed by atoms with Gasteiger partial charge in [-0.1, -0.05) is 184 Å². The molecule has 0 amide bonds. The van der Waals surface area contributed by atoms with E-state index in [-0.39, 0.29) is 31.1 Å². The minimum absolute atomic E-state index is 0.0893. The Balaban J connectivity index is 4.42. The summed E-state index contributed by atoms with van der Waals surface area (Å²) in [6.07, 6.45) is 59.1. The Morgan fingerprint density at radius 1 is 0.333 bits per heavy atom. The van der Waals surface area contributed by atoms with Gasteiger partial charge in [0, 0.05) is 19.3 Å². The van der Waals surface area contributed by atoms with Gasteiger partial charge in [-0.3, -0.25) is 14.4 Å². The maximum atomic E-state index is 12.8. The second kappa shape index (κ2) is 48.8. The summed E-state index contributed by atoms with van der Waals surface area (Å²) in [6.45, 7) is 6.53. The van der Waals surface area contributed by atoms with E-state index in [1.165, 1.54) is 103 Å². The normalized spacial score (nSPS) is 12.5. The number of carbonyl (C=O) groups excluding carboxylic acids is 3. The third kappa shape index (κ3) is 46.2. The Hall–Kier alpha value is -2.89. The highest BCUT2D eigenvalue weighted by molar-refractivity contribution is 5.71. The molecule has 0 radical (unpaired) electrons. The minimum atomic E-state index is -0.789. The predicted molar refractivity (Wildman–Crippen MR) is 256 cm³/mol. The van der Waals surface area contributed by atoms with Crippen molar-refractivity contribution in [2.24, 2.45) is 0 Å². The van der Waals surface area contributed by atoms with Gasteiger partial charge in [0.25, 0.3) is 0 Å².